The molecule has 0 radical (unpaired) electrons. The van der Waals surface area contributed by atoms with Gasteiger partial charge in [0.1, 0.15) is 11.9 Å². The Hall–Kier alpha value is -1.56. The summed E-state index contributed by atoms with van der Waals surface area (Å²) in [5.74, 6) is 0.881. The quantitative estimate of drug-likeness (QED) is 0.816. The van der Waals surface area contributed by atoms with E-state index in [0.29, 0.717) is 6.04 Å². The van der Waals surface area contributed by atoms with E-state index in [4.69, 9.17) is 0 Å². The van der Waals surface area contributed by atoms with Crippen molar-refractivity contribution in [2.24, 2.45) is 0 Å². The van der Waals surface area contributed by atoms with E-state index < -0.39 is 0 Å². The molecule has 1 heterocycles. The molecule has 1 fully saturated rings. The van der Waals surface area contributed by atoms with E-state index in [1.807, 2.05) is 19.2 Å². The molecule has 0 bridgehead atoms. The summed E-state index contributed by atoms with van der Waals surface area (Å²) in [6.45, 7) is 5.06. The molecule has 96 valence electrons. The van der Waals surface area contributed by atoms with Crippen LogP contribution in [0.25, 0.3) is 0 Å². The number of aryl methyl sites for hydroxylation is 1. The van der Waals surface area contributed by atoms with Crippen molar-refractivity contribution >= 4 is 5.82 Å². The van der Waals surface area contributed by atoms with Gasteiger partial charge in [-0.2, -0.15) is 5.26 Å². The number of hydrogen-bond acceptors (Lipinski definition) is 3. The fourth-order valence-electron chi connectivity index (χ4n) is 2.87. The lowest BCUT2D eigenvalue weighted by molar-refractivity contribution is 0.416. The van der Waals surface area contributed by atoms with E-state index in [9.17, 15) is 5.26 Å². The molecular formula is C15H21N3. The molecule has 1 aromatic heterocycles. The summed E-state index contributed by atoms with van der Waals surface area (Å²) < 4.78 is 0. The van der Waals surface area contributed by atoms with Crippen molar-refractivity contribution in [3.63, 3.8) is 0 Å². The van der Waals surface area contributed by atoms with Crippen molar-refractivity contribution in [1.29, 1.82) is 5.26 Å². The van der Waals surface area contributed by atoms with Crippen molar-refractivity contribution < 1.29 is 0 Å². The van der Waals surface area contributed by atoms with Crippen LogP contribution in [0.4, 0.5) is 5.82 Å². The van der Waals surface area contributed by atoms with E-state index in [0.717, 1.165) is 23.5 Å². The summed E-state index contributed by atoms with van der Waals surface area (Å²) in [7, 11) is 0. The number of anilines is 1. The number of nitriles is 1. The average molecular weight is 243 g/mol. The van der Waals surface area contributed by atoms with Gasteiger partial charge in [0.25, 0.3) is 0 Å². The van der Waals surface area contributed by atoms with Crippen LogP contribution in [0.1, 0.15) is 50.2 Å². The van der Waals surface area contributed by atoms with Crippen LogP contribution in [0, 0.1) is 18.3 Å². The van der Waals surface area contributed by atoms with Gasteiger partial charge in [0.05, 0.1) is 5.56 Å². The highest BCUT2D eigenvalue weighted by atomic mass is 15.2. The first kappa shape index (κ1) is 12.9. The third kappa shape index (κ3) is 2.48. The lowest BCUT2D eigenvalue weighted by Crippen LogP contribution is -2.37. The molecule has 0 aliphatic heterocycles. The molecule has 18 heavy (non-hydrogen) atoms. The zero-order valence-corrected chi connectivity index (χ0v) is 11.3. The van der Waals surface area contributed by atoms with Gasteiger partial charge in [-0.15, -0.1) is 0 Å². The molecule has 3 nitrogen and oxygen atoms in total. The average Bonchev–Trinajstić information content (AvgIpc) is 2.41. The Morgan fingerprint density at radius 3 is 2.72 bits per heavy atom. The second kappa shape index (κ2) is 5.86. The lowest BCUT2D eigenvalue weighted by atomic mass is 9.94. The Bertz CT molecular complexity index is 442. The molecule has 0 unspecified atom stereocenters. The fraction of sp³-hybridized carbons (Fsp3) is 0.600. The van der Waals surface area contributed by atoms with E-state index in [2.05, 4.69) is 22.9 Å². The highest BCUT2D eigenvalue weighted by molar-refractivity contribution is 5.57. The van der Waals surface area contributed by atoms with Gasteiger partial charge >= 0.3 is 0 Å². The van der Waals surface area contributed by atoms with Gasteiger partial charge < -0.3 is 4.90 Å². The Labute approximate surface area is 109 Å². The number of nitrogens with zero attached hydrogens (tertiary/aromatic N) is 3. The topological polar surface area (TPSA) is 39.9 Å². The zero-order valence-electron chi connectivity index (χ0n) is 11.3. The summed E-state index contributed by atoms with van der Waals surface area (Å²) in [5, 5.41) is 9.33. The van der Waals surface area contributed by atoms with E-state index in [1.54, 1.807) is 0 Å². The smallest absolute Gasteiger partial charge is 0.146 e. The van der Waals surface area contributed by atoms with E-state index in [1.165, 1.54) is 32.1 Å². The fourth-order valence-corrected chi connectivity index (χ4v) is 2.87. The number of aromatic nitrogens is 1. The van der Waals surface area contributed by atoms with Gasteiger partial charge in [-0.1, -0.05) is 19.3 Å². The first-order valence-electron chi connectivity index (χ1n) is 6.90. The molecular weight excluding hydrogens is 222 g/mol. The molecule has 0 N–H and O–H groups in total. The second-order valence-corrected chi connectivity index (χ2v) is 5.02. The van der Waals surface area contributed by atoms with Gasteiger partial charge in [-0.05, 0) is 38.3 Å². The monoisotopic (exact) mass is 243 g/mol. The van der Waals surface area contributed by atoms with Crippen LogP contribution in [0.15, 0.2) is 12.3 Å². The third-order valence-electron chi connectivity index (χ3n) is 3.88. The molecule has 1 aliphatic rings. The first-order valence-corrected chi connectivity index (χ1v) is 6.90. The zero-order chi connectivity index (χ0) is 13.0. The SMILES string of the molecule is CCN(c1nccc(C)c1C#N)C1CCCCC1. The second-order valence-electron chi connectivity index (χ2n) is 5.02. The Balaban J connectivity index is 2.32. The maximum Gasteiger partial charge on any atom is 0.146 e. The van der Waals surface area contributed by atoms with Crippen LogP contribution in [0.2, 0.25) is 0 Å². The minimum Gasteiger partial charge on any atom is -0.353 e. The number of hydrogen-bond donors (Lipinski definition) is 0. The molecule has 0 saturated heterocycles. The Kier molecular flexibility index (Phi) is 4.19. The van der Waals surface area contributed by atoms with Gasteiger partial charge in [0.15, 0.2) is 0 Å². The van der Waals surface area contributed by atoms with Crippen LogP contribution in [0.5, 0.6) is 0 Å². The Morgan fingerprint density at radius 1 is 1.39 bits per heavy atom. The molecule has 0 aromatic carbocycles. The largest absolute Gasteiger partial charge is 0.353 e. The predicted molar refractivity (Wildman–Crippen MR) is 73.6 cm³/mol. The minimum absolute atomic E-state index is 0.560. The van der Waals surface area contributed by atoms with Crippen molar-refractivity contribution in [2.45, 2.75) is 52.0 Å². The van der Waals surface area contributed by atoms with Crippen LogP contribution < -0.4 is 4.90 Å². The number of pyridine rings is 1. The molecule has 0 amide bonds. The molecule has 1 aliphatic carbocycles. The van der Waals surface area contributed by atoms with Crippen molar-refractivity contribution in [2.75, 3.05) is 11.4 Å². The van der Waals surface area contributed by atoms with Crippen LogP contribution >= 0.6 is 0 Å². The van der Waals surface area contributed by atoms with E-state index >= 15 is 0 Å². The standard InChI is InChI=1S/C15H21N3/c1-3-18(13-7-5-4-6-8-13)15-14(11-16)12(2)9-10-17-15/h9-10,13H,3-8H2,1-2H3. The van der Waals surface area contributed by atoms with Crippen molar-refractivity contribution in [3.05, 3.63) is 23.4 Å². The van der Waals surface area contributed by atoms with Crippen LogP contribution in [-0.2, 0) is 0 Å². The first-order chi connectivity index (χ1) is 8.77. The van der Waals surface area contributed by atoms with Gasteiger partial charge in [0, 0.05) is 18.8 Å². The summed E-state index contributed by atoms with van der Waals surface area (Å²) in [4.78, 5) is 6.78. The molecule has 1 aromatic rings. The summed E-state index contributed by atoms with van der Waals surface area (Å²) in [6, 6.07) is 4.79. The van der Waals surface area contributed by atoms with Gasteiger partial charge in [0.2, 0.25) is 0 Å². The minimum atomic E-state index is 0.560. The van der Waals surface area contributed by atoms with Crippen LogP contribution in [0.3, 0.4) is 0 Å². The molecule has 3 heteroatoms. The van der Waals surface area contributed by atoms with Crippen molar-refractivity contribution in [1.82, 2.24) is 4.98 Å². The maximum absolute atomic E-state index is 9.33. The molecule has 2 rings (SSSR count). The summed E-state index contributed by atoms with van der Waals surface area (Å²) in [6.07, 6.45) is 8.23. The normalized spacial score (nSPS) is 16.3. The van der Waals surface area contributed by atoms with Crippen molar-refractivity contribution in [3.8, 4) is 6.07 Å². The van der Waals surface area contributed by atoms with Gasteiger partial charge in [-0.3, -0.25) is 0 Å². The maximum atomic E-state index is 9.33. The van der Waals surface area contributed by atoms with E-state index in [-0.39, 0.29) is 0 Å². The third-order valence-corrected chi connectivity index (χ3v) is 3.88. The Morgan fingerprint density at radius 2 is 2.11 bits per heavy atom. The highest BCUT2D eigenvalue weighted by Crippen LogP contribution is 2.28. The predicted octanol–water partition coefficient (Wildman–Crippen LogP) is 3.42. The number of rotatable bonds is 3. The highest BCUT2D eigenvalue weighted by Gasteiger charge is 2.23. The lowest BCUT2D eigenvalue weighted by Gasteiger charge is -2.35. The summed E-state index contributed by atoms with van der Waals surface area (Å²) in [5.41, 5.74) is 1.77. The molecule has 0 spiro atoms. The molecule has 1 saturated carbocycles. The van der Waals surface area contributed by atoms with Crippen LogP contribution in [-0.4, -0.2) is 17.6 Å². The summed E-state index contributed by atoms with van der Waals surface area (Å²) >= 11 is 0. The van der Waals surface area contributed by atoms with Gasteiger partial charge in [-0.25, -0.2) is 4.98 Å². The molecule has 0 atom stereocenters.